The lowest BCUT2D eigenvalue weighted by Crippen LogP contribution is -2.27. The van der Waals surface area contributed by atoms with Crippen LogP contribution in [0.2, 0.25) is 0 Å². The van der Waals surface area contributed by atoms with Crippen LogP contribution in [-0.4, -0.2) is 21.3 Å². The van der Waals surface area contributed by atoms with Crippen LogP contribution in [0.15, 0.2) is 47.4 Å². The van der Waals surface area contributed by atoms with E-state index in [4.69, 9.17) is 17.3 Å². The van der Waals surface area contributed by atoms with Gasteiger partial charge in [0.05, 0.1) is 16.2 Å². The largest absolute Gasteiger partial charge is 0.872 e. The molecule has 0 atom stereocenters. The number of thioether (sulfide) groups is 1. The first-order valence-corrected chi connectivity index (χ1v) is 9.04. The first kappa shape index (κ1) is 18.2. The molecule has 0 spiro atoms. The van der Waals surface area contributed by atoms with Crippen LogP contribution in [-0.2, 0) is 11.2 Å². The number of nitrogens with zero attached hydrogens (tertiary/aromatic N) is 1. The van der Waals surface area contributed by atoms with E-state index in [2.05, 4.69) is 6.92 Å². The maximum Gasteiger partial charge on any atom is 0.335 e. The number of amides is 1. The second-order valence-corrected chi connectivity index (χ2v) is 7.27. The number of anilines is 1. The van der Waals surface area contributed by atoms with Crippen molar-refractivity contribution in [3.05, 3.63) is 64.1 Å². The quantitative estimate of drug-likeness (QED) is 0.643. The number of benzene rings is 2. The fraction of sp³-hybridized carbons (Fsp3) is 0.105. The van der Waals surface area contributed by atoms with Crippen molar-refractivity contribution in [1.29, 1.82) is 0 Å². The lowest BCUT2D eigenvalue weighted by Gasteiger charge is -2.18. The topological polar surface area (TPSA) is 80.7 Å². The van der Waals surface area contributed by atoms with Gasteiger partial charge in [-0.25, -0.2) is 4.79 Å². The molecule has 0 aliphatic carbocycles. The van der Waals surface area contributed by atoms with Gasteiger partial charge in [-0.3, -0.25) is 9.69 Å². The van der Waals surface area contributed by atoms with Crippen LogP contribution >= 0.6 is 24.0 Å². The standard InChI is InChI=1S/C19H15NO4S2/c1-2-11-3-5-12(6-4-11)9-16-17(22)20(19(25)26-16)13-7-8-15(21)14(10-13)18(23)24/h3-10,21H,2H2,1H3,(H,23,24)/p-1/b16-9-. The zero-order valence-electron chi connectivity index (χ0n) is 13.8. The molecule has 0 saturated carbocycles. The molecule has 132 valence electrons. The van der Waals surface area contributed by atoms with Gasteiger partial charge in [0.15, 0.2) is 4.32 Å². The molecule has 1 fully saturated rings. The number of carboxylic acids is 1. The minimum atomic E-state index is -1.34. The van der Waals surface area contributed by atoms with Crippen molar-refractivity contribution in [2.75, 3.05) is 4.90 Å². The molecular weight excluding hydrogens is 370 g/mol. The van der Waals surface area contributed by atoms with Crippen molar-refractivity contribution >= 4 is 51.9 Å². The van der Waals surface area contributed by atoms with Gasteiger partial charge < -0.3 is 10.2 Å². The highest BCUT2D eigenvalue weighted by atomic mass is 32.2. The molecule has 5 nitrogen and oxygen atoms in total. The smallest absolute Gasteiger partial charge is 0.335 e. The molecule has 1 saturated heterocycles. The summed E-state index contributed by atoms with van der Waals surface area (Å²) in [4.78, 5) is 25.6. The van der Waals surface area contributed by atoms with Crippen molar-refractivity contribution in [2.45, 2.75) is 13.3 Å². The third-order valence-corrected chi connectivity index (χ3v) is 5.23. The highest BCUT2D eigenvalue weighted by Crippen LogP contribution is 2.37. The lowest BCUT2D eigenvalue weighted by atomic mass is 10.1. The normalized spacial score (nSPS) is 15.7. The SMILES string of the molecule is CCc1ccc(/C=C2\SC(=S)N(c3ccc([O-])c(C(=O)O)c3)C2=O)cc1. The van der Waals surface area contributed by atoms with Crippen molar-refractivity contribution in [2.24, 2.45) is 0 Å². The molecule has 2 aromatic carbocycles. The predicted octanol–water partition coefficient (Wildman–Crippen LogP) is 3.43. The van der Waals surface area contributed by atoms with Gasteiger partial charge >= 0.3 is 5.97 Å². The van der Waals surface area contributed by atoms with Crippen LogP contribution in [0.4, 0.5) is 5.69 Å². The Kier molecular flexibility index (Phi) is 5.11. The molecule has 1 amide bonds. The van der Waals surface area contributed by atoms with E-state index in [1.54, 1.807) is 6.08 Å². The molecule has 1 heterocycles. The number of aryl methyl sites for hydroxylation is 1. The molecule has 0 radical (unpaired) electrons. The first-order chi connectivity index (χ1) is 12.4. The first-order valence-electron chi connectivity index (χ1n) is 7.82. The molecule has 1 N–H and O–H groups in total. The molecular formula is C19H14NO4S2-. The minimum absolute atomic E-state index is 0.272. The van der Waals surface area contributed by atoms with Crippen molar-refractivity contribution in [1.82, 2.24) is 0 Å². The van der Waals surface area contributed by atoms with Gasteiger partial charge in [0.1, 0.15) is 0 Å². The van der Waals surface area contributed by atoms with E-state index in [1.165, 1.54) is 22.6 Å². The summed E-state index contributed by atoms with van der Waals surface area (Å²) in [5.41, 5.74) is 1.96. The summed E-state index contributed by atoms with van der Waals surface area (Å²) >= 11 is 6.42. The van der Waals surface area contributed by atoms with Gasteiger partial charge in [0.25, 0.3) is 5.91 Å². The molecule has 0 aromatic heterocycles. The monoisotopic (exact) mass is 384 g/mol. The molecule has 1 aliphatic heterocycles. The zero-order valence-corrected chi connectivity index (χ0v) is 15.4. The fourth-order valence-corrected chi connectivity index (χ4v) is 3.81. The number of rotatable bonds is 4. The molecule has 1 aliphatic rings. The van der Waals surface area contributed by atoms with Crippen LogP contribution in [0.25, 0.3) is 6.08 Å². The molecule has 0 bridgehead atoms. The van der Waals surface area contributed by atoms with Gasteiger partial charge in [0.2, 0.25) is 0 Å². The number of thiocarbonyl (C=S) groups is 1. The maximum atomic E-state index is 12.7. The van der Waals surface area contributed by atoms with E-state index in [-0.39, 0.29) is 11.6 Å². The molecule has 0 unspecified atom stereocenters. The summed E-state index contributed by atoms with van der Waals surface area (Å²) in [5.74, 6) is -2.29. The van der Waals surface area contributed by atoms with Crippen molar-refractivity contribution in [3.8, 4) is 5.75 Å². The molecule has 26 heavy (non-hydrogen) atoms. The van der Waals surface area contributed by atoms with E-state index in [0.29, 0.717) is 9.23 Å². The number of carboxylic acid groups (broad SMARTS) is 1. The number of aromatic carboxylic acids is 1. The fourth-order valence-electron chi connectivity index (χ4n) is 2.52. The summed E-state index contributed by atoms with van der Waals surface area (Å²) in [6.07, 6.45) is 2.68. The Labute approximate surface area is 160 Å². The number of carbonyl (C=O) groups excluding carboxylic acids is 1. The van der Waals surface area contributed by atoms with Gasteiger partial charge in [-0.05, 0) is 35.8 Å². The maximum absolute atomic E-state index is 12.7. The number of carbonyl (C=O) groups is 2. The molecule has 7 heteroatoms. The van der Waals surface area contributed by atoms with Crippen LogP contribution in [0.1, 0.15) is 28.4 Å². The highest BCUT2D eigenvalue weighted by Gasteiger charge is 2.33. The number of hydrogen-bond donors (Lipinski definition) is 1. The van der Waals surface area contributed by atoms with E-state index < -0.39 is 17.3 Å². The minimum Gasteiger partial charge on any atom is -0.872 e. The van der Waals surface area contributed by atoms with E-state index in [1.807, 2.05) is 24.3 Å². The third kappa shape index (κ3) is 3.49. The Balaban J connectivity index is 1.92. The van der Waals surface area contributed by atoms with Crippen molar-refractivity contribution in [3.63, 3.8) is 0 Å². The van der Waals surface area contributed by atoms with Crippen LogP contribution < -0.4 is 10.0 Å². The van der Waals surface area contributed by atoms with Crippen LogP contribution in [0.3, 0.4) is 0 Å². The Morgan fingerprint density at radius 1 is 1.27 bits per heavy atom. The summed E-state index contributed by atoms with van der Waals surface area (Å²) in [6, 6.07) is 11.6. The lowest BCUT2D eigenvalue weighted by molar-refractivity contribution is -0.268. The summed E-state index contributed by atoms with van der Waals surface area (Å²) in [5, 5.41) is 20.7. The average Bonchev–Trinajstić information content (AvgIpc) is 2.89. The van der Waals surface area contributed by atoms with Gasteiger partial charge in [-0.2, -0.15) is 0 Å². The average molecular weight is 384 g/mol. The van der Waals surface area contributed by atoms with Gasteiger partial charge in [-0.15, -0.1) is 0 Å². The number of hydrogen-bond acceptors (Lipinski definition) is 5. The highest BCUT2D eigenvalue weighted by molar-refractivity contribution is 8.27. The molecule has 2 aromatic rings. The molecule has 3 rings (SSSR count). The van der Waals surface area contributed by atoms with E-state index in [9.17, 15) is 14.7 Å². The van der Waals surface area contributed by atoms with E-state index >= 15 is 0 Å². The Hall–Kier alpha value is -2.64. The van der Waals surface area contributed by atoms with Gasteiger partial charge in [0, 0.05) is 0 Å². The van der Waals surface area contributed by atoms with Crippen LogP contribution in [0.5, 0.6) is 5.75 Å². The Morgan fingerprint density at radius 2 is 1.96 bits per heavy atom. The third-order valence-electron chi connectivity index (χ3n) is 3.93. The van der Waals surface area contributed by atoms with Crippen molar-refractivity contribution < 1.29 is 19.8 Å². The van der Waals surface area contributed by atoms with Gasteiger partial charge in [-0.1, -0.05) is 67.0 Å². The van der Waals surface area contributed by atoms with E-state index in [0.717, 1.165) is 29.8 Å². The Bertz CT molecular complexity index is 935. The summed E-state index contributed by atoms with van der Waals surface area (Å²) in [6.45, 7) is 2.07. The summed E-state index contributed by atoms with van der Waals surface area (Å²) < 4.78 is 0.293. The zero-order chi connectivity index (χ0) is 18.8. The second-order valence-electron chi connectivity index (χ2n) is 5.60. The predicted molar refractivity (Wildman–Crippen MR) is 104 cm³/mol. The Morgan fingerprint density at radius 3 is 2.58 bits per heavy atom. The summed E-state index contributed by atoms with van der Waals surface area (Å²) in [7, 11) is 0. The second kappa shape index (κ2) is 7.31. The van der Waals surface area contributed by atoms with Crippen LogP contribution in [0, 0.1) is 0 Å².